The Kier molecular flexibility index (Phi) is 2.12. The summed E-state index contributed by atoms with van der Waals surface area (Å²) in [6.45, 7) is 3.53. The third kappa shape index (κ3) is 1.66. The summed E-state index contributed by atoms with van der Waals surface area (Å²) in [4.78, 5) is 11.2. The monoisotopic (exact) mass is 203 g/mol. The van der Waals surface area contributed by atoms with Crippen LogP contribution in [0.25, 0.3) is 5.57 Å². The second-order valence-corrected chi connectivity index (χ2v) is 3.93. The van der Waals surface area contributed by atoms with Crippen molar-refractivity contribution in [3.63, 3.8) is 0 Å². The Morgan fingerprint density at radius 2 is 2.00 bits per heavy atom. The molecule has 2 N–H and O–H groups in total. The molecule has 1 atom stereocenters. The number of hydrogen-bond acceptors (Lipinski definition) is 2. The second kappa shape index (κ2) is 3.21. The van der Waals surface area contributed by atoms with Crippen LogP contribution in [-0.2, 0) is 4.79 Å². The van der Waals surface area contributed by atoms with Crippen molar-refractivity contribution in [2.45, 2.75) is 19.6 Å². The number of rotatable bonds is 1. The van der Waals surface area contributed by atoms with Gasteiger partial charge < -0.3 is 10.4 Å². The minimum absolute atomic E-state index is 0.252. The SMILES string of the molecule is Cc1ccccc1C1=CC(=O)NC1(C)O. The van der Waals surface area contributed by atoms with E-state index in [4.69, 9.17) is 0 Å². The first-order valence-corrected chi connectivity index (χ1v) is 4.83. The van der Waals surface area contributed by atoms with Gasteiger partial charge in [-0.1, -0.05) is 24.3 Å². The topological polar surface area (TPSA) is 49.3 Å². The highest BCUT2D eigenvalue weighted by atomic mass is 16.3. The first kappa shape index (κ1) is 9.93. The maximum Gasteiger partial charge on any atom is 0.246 e. The van der Waals surface area contributed by atoms with Crippen LogP contribution in [0.4, 0.5) is 0 Å². The molecule has 1 aliphatic heterocycles. The molecule has 1 unspecified atom stereocenters. The Morgan fingerprint density at radius 1 is 1.33 bits per heavy atom. The van der Waals surface area contributed by atoms with Gasteiger partial charge in [-0.25, -0.2) is 0 Å². The first-order valence-electron chi connectivity index (χ1n) is 4.83. The molecule has 1 heterocycles. The Hall–Kier alpha value is -1.61. The summed E-state index contributed by atoms with van der Waals surface area (Å²) in [5.41, 5.74) is 1.32. The standard InChI is InChI=1S/C12H13NO2/c1-8-5-3-4-6-9(8)10-7-11(14)13-12(10,2)15/h3-7,15H,1-2H3,(H,13,14). The van der Waals surface area contributed by atoms with E-state index in [9.17, 15) is 9.90 Å². The molecule has 0 fully saturated rings. The zero-order valence-electron chi connectivity index (χ0n) is 8.74. The van der Waals surface area contributed by atoms with Crippen molar-refractivity contribution in [3.05, 3.63) is 41.5 Å². The van der Waals surface area contributed by atoms with Crippen LogP contribution in [0.15, 0.2) is 30.3 Å². The maximum atomic E-state index is 11.2. The highest BCUT2D eigenvalue weighted by molar-refractivity contribution is 6.03. The molecule has 3 heteroatoms. The Morgan fingerprint density at radius 3 is 2.53 bits per heavy atom. The van der Waals surface area contributed by atoms with Gasteiger partial charge in [0.15, 0.2) is 5.72 Å². The molecular weight excluding hydrogens is 190 g/mol. The summed E-state index contributed by atoms with van der Waals surface area (Å²) in [6, 6.07) is 7.67. The maximum absolute atomic E-state index is 11.2. The molecule has 0 radical (unpaired) electrons. The third-order valence-electron chi connectivity index (χ3n) is 2.60. The minimum atomic E-state index is -1.26. The van der Waals surface area contributed by atoms with Crippen LogP contribution < -0.4 is 5.32 Å². The molecule has 0 aromatic heterocycles. The van der Waals surface area contributed by atoms with Gasteiger partial charge in [-0.2, -0.15) is 0 Å². The second-order valence-electron chi connectivity index (χ2n) is 3.93. The molecule has 78 valence electrons. The molecule has 3 nitrogen and oxygen atoms in total. The number of aliphatic hydroxyl groups is 1. The van der Waals surface area contributed by atoms with Gasteiger partial charge in [-0.05, 0) is 25.0 Å². The summed E-state index contributed by atoms with van der Waals surface area (Å²) in [7, 11) is 0. The number of carbonyl (C=O) groups excluding carboxylic acids is 1. The summed E-state index contributed by atoms with van der Waals surface area (Å²) >= 11 is 0. The van der Waals surface area contributed by atoms with Crippen molar-refractivity contribution in [3.8, 4) is 0 Å². The number of aryl methyl sites for hydroxylation is 1. The highest BCUT2D eigenvalue weighted by Gasteiger charge is 2.34. The molecule has 1 amide bonds. The zero-order chi connectivity index (χ0) is 11.1. The lowest BCUT2D eigenvalue weighted by Crippen LogP contribution is -2.40. The molecule has 1 aromatic rings. The molecule has 0 bridgehead atoms. The molecule has 0 aliphatic carbocycles. The predicted molar refractivity (Wildman–Crippen MR) is 57.9 cm³/mol. The van der Waals surface area contributed by atoms with Gasteiger partial charge in [-0.15, -0.1) is 0 Å². The predicted octanol–water partition coefficient (Wildman–Crippen LogP) is 1.22. The zero-order valence-corrected chi connectivity index (χ0v) is 8.74. The number of nitrogens with one attached hydrogen (secondary N) is 1. The fourth-order valence-electron chi connectivity index (χ4n) is 1.83. The lowest BCUT2D eigenvalue weighted by atomic mass is 9.95. The van der Waals surface area contributed by atoms with E-state index in [2.05, 4.69) is 5.32 Å². The van der Waals surface area contributed by atoms with Crippen molar-refractivity contribution < 1.29 is 9.90 Å². The van der Waals surface area contributed by atoms with Crippen molar-refractivity contribution in [1.29, 1.82) is 0 Å². The number of amides is 1. The van der Waals surface area contributed by atoms with Crippen LogP contribution >= 0.6 is 0 Å². The van der Waals surface area contributed by atoms with Crippen LogP contribution in [0.2, 0.25) is 0 Å². The average Bonchev–Trinajstić information content (AvgIpc) is 2.40. The smallest absolute Gasteiger partial charge is 0.246 e. The van der Waals surface area contributed by atoms with Gasteiger partial charge in [-0.3, -0.25) is 4.79 Å². The summed E-state index contributed by atoms with van der Waals surface area (Å²) in [5, 5.41) is 12.5. The van der Waals surface area contributed by atoms with Crippen molar-refractivity contribution in [1.82, 2.24) is 5.32 Å². The molecule has 15 heavy (non-hydrogen) atoms. The van der Waals surface area contributed by atoms with E-state index in [-0.39, 0.29) is 5.91 Å². The van der Waals surface area contributed by atoms with E-state index in [1.54, 1.807) is 6.92 Å². The Bertz CT molecular complexity index is 447. The van der Waals surface area contributed by atoms with E-state index in [1.807, 2.05) is 31.2 Å². The molecule has 2 rings (SSSR count). The van der Waals surface area contributed by atoms with E-state index in [0.717, 1.165) is 11.1 Å². The van der Waals surface area contributed by atoms with E-state index in [1.165, 1.54) is 6.08 Å². The van der Waals surface area contributed by atoms with Crippen LogP contribution in [-0.4, -0.2) is 16.7 Å². The first-order chi connectivity index (χ1) is 7.00. The fraction of sp³-hybridized carbons (Fsp3) is 0.250. The molecule has 0 saturated carbocycles. The average molecular weight is 203 g/mol. The fourth-order valence-corrected chi connectivity index (χ4v) is 1.83. The van der Waals surface area contributed by atoms with Gasteiger partial charge in [0.2, 0.25) is 5.91 Å². The van der Waals surface area contributed by atoms with Gasteiger partial charge in [0.25, 0.3) is 0 Å². The van der Waals surface area contributed by atoms with E-state index < -0.39 is 5.72 Å². The Balaban J connectivity index is 2.53. The molecule has 0 spiro atoms. The molecular formula is C12H13NO2. The number of carbonyl (C=O) groups is 1. The normalized spacial score (nSPS) is 25.0. The van der Waals surface area contributed by atoms with Gasteiger partial charge in [0.1, 0.15) is 0 Å². The van der Waals surface area contributed by atoms with Gasteiger partial charge >= 0.3 is 0 Å². The summed E-state index contributed by atoms with van der Waals surface area (Å²) < 4.78 is 0. The quantitative estimate of drug-likeness (QED) is 0.721. The van der Waals surface area contributed by atoms with E-state index >= 15 is 0 Å². The largest absolute Gasteiger partial charge is 0.367 e. The number of benzene rings is 1. The third-order valence-corrected chi connectivity index (χ3v) is 2.60. The van der Waals surface area contributed by atoms with Crippen molar-refractivity contribution >= 4 is 11.5 Å². The van der Waals surface area contributed by atoms with Gasteiger partial charge in [0.05, 0.1) is 0 Å². The van der Waals surface area contributed by atoms with Crippen molar-refractivity contribution in [2.75, 3.05) is 0 Å². The summed E-state index contributed by atoms with van der Waals surface area (Å²) in [5.74, 6) is -0.252. The van der Waals surface area contributed by atoms with Gasteiger partial charge in [0, 0.05) is 11.6 Å². The highest BCUT2D eigenvalue weighted by Crippen LogP contribution is 2.30. The van der Waals surface area contributed by atoms with Crippen LogP contribution in [0.1, 0.15) is 18.1 Å². The Labute approximate surface area is 88.4 Å². The summed E-state index contributed by atoms with van der Waals surface area (Å²) in [6.07, 6.45) is 1.45. The van der Waals surface area contributed by atoms with E-state index in [0.29, 0.717) is 5.57 Å². The molecule has 1 aliphatic rings. The number of hydrogen-bond donors (Lipinski definition) is 2. The van der Waals surface area contributed by atoms with Crippen LogP contribution in [0, 0.1) is 6.92 Å². The lowest BCUT2D eigenvalue weighted by Gasteiger charge is -2.22. The van der Waals surface area contributed by atoms with Crippen LogP contribution in [0.3, 0.4) is 0 Å². The molecule has 1 aromatic carbocycles. The van der Waals surface area contributed by atoms with Crippen molar-refractivity contribution in [2.24, 2.45) is 0 Å². The lowest BCUT2D eigenvalue weighted by molar-refractivity contribution is -0.119. The minimum Gasteiger partial charge on any atom is -0.367 e. The van der Waals surface area contributed by atoms with Crippen LogP contribution in [0.5, 0.6) is 0 Å². The molecule has 0 saturated heterocycles.